The lowest BCUT2D eigenvalue weighted by Gasteiger charge is -2.30. The minimum atomic E-state index is -0.149. The first-order valence-corrected chi connectivity index (χ1v) is 7.00. The maximum Gasteiger partial charge on any atom is 0.123 e. The molecule has 1 aromatic rings. The fourth-order valence-corrected chi connectivity index (χ4v) is 2.75. The van der Waals surface area contributed by atoms with Crippen LogP contribution in [0.3, 0.4) is 0 Å². The fraction of sp³-hybridized carbons (Fsp3) is 0.600. The number of rotatable bonds is 3. The van der Waals surface area contributed by atoms with Gasteiger partial charge in [-0.1, -0.05) is 0 Å². The second kappa shape index (κ2) is 5.27. The molecular weight excluding hydrogens is 229 g/mol. The second-order valence-electron chi connectivity index (χ2n) is 5.38. The molecule has 2 fully saturated rings. The number of nitrogens with one attached hydrogen (secondary N) is 1. The Morgan fingerprint density at radius 3 is 2.56 bits per heavy atom. The van der Waals surface area contributed by atoms with Crippen LogP contribution in [0.1, 0.15) is 43.6 Å². The van der Waals surface area contributed by atoms with Crippen molar-refractivity contribution >= 4 is 0 Å². The third-order valence-electron chi connectivity index (χ3n) is 4.10. The summed E-state index contributed by atoms with van der Waals surface area (Å²) in [5.41, 5.74) is 1.07. The molecule has 1 saturated carbocycles. The molecule has 18 heavy (non-hydrogen) atoms. The maximum absolute atomic E-state index is 13.5. The Hall–Kier alpha value is -1.09. The van der Waals surface area contributed by atoms with Gasteiger partial charge in [0.1, 0.15) is 11.6 Å². The van der Waals surface area contributed by atoms with Gasteiger partial charge in [-0.15, -0.1) is 0 Å². The SMILES string of the molecule is Fc1ccc(OC2CCC2)c(C2CCNCC2)c1. The zero-order chi connectivity index (χ0) is 12.4. The lowest BCUT2D eigenvalue weighted by molar-refractivity contribution is 0.118. The summed E-state index contributed by atoms with van der Waals surface area (Å²) >= 11 is 0. The van der Waals surface area contributed by atoms with Gasteiger partial charge in [0.15, 0.2) is 0 Å². The van der Waals surface area contributed by atoms with Crippen molar-refractivity contribution in [2.24, 2.45) is 0 Å². The molecule has 0 spiro atoms. The Balaban J connectivity index is 1.81. The van der Waals surface area contributed by atoms with Gasteiger partial charge in [-0.25, -0.2) is 4.39 Å². The Kier molecular flexibility index (Phi) is 3.50. The van der Waals surface area contributed by atoms with Crippen LogP contribution in [-0.2, 0) is 0 Å². The van der Waals surface area contributed by atoms with Gasteiger partial charge in [0.2, 0.25) is 0 Å². The van der Waals surface area contributed by atoms with E-state index < -0.39 is 0 Å². The lowest BCUT2D eigenvalue weighted by Crippen LogP contribution is -2.28. The Labute approximate surface area is 108 Å². The van der Waals surface area contributed by atoms with Gasteiger partial charge in [0, 0.05) is 5.56 Å². The summed E-state index contributed by atoms with van der Waals surface area (Å²) < 4.78 is 19.5. The molecule has 2 nitrogen and oxygen atoms in total. The first-order valence-electron chi connectivity index (χ1n) is 7.00. The normalized spacial score (nSPS) is 21.6. The average Bonchev–Trinajstić information content (AvgIpc) is 2.36. The van der Waals surface area contributed by atoms with Crippen LogP contribution in [0.15, 0.2) is 18.2 Å². The van der Waals surface area contributed by atoms with Crippen LogP contribution in [0.25, 0.3) is 0 Å². The second-order valence-corrected chi connectivity index (χ2v) is 5.38. The molecule has 2 aliphatic rings. The van der Waals surface area contributed by atoms with Gasteiger partial charge in [-0.05, 0) is 69.3 Å². The summed E-state index contributed by atoms with van der Waals surface area (Å²) in [4.78, 5) is 0. The van der Waals surface area contributed by atoms with Crippen molar-refractivity contribution in [2.45, 2.75) is 44.1 Å². The minimum absolute atomic E-state index is 0.149. The number of hydrogen-bond donors (Lipinski definition) is 1. The summed E-state index contributed by atoms with van der Waals surface area (Å²) in [7, 11) is 0. The summed E-state index contributed by atoms with van der Waals surface area (Å²) in [6.45, 7) is 2.04. The zero-order valence-corrected chi connectivity index (χ0v) is 10.6. The van der Waals surface area contributed by atoms with Crippen molar-refractivity contribution in [3.8, 4) is 5.75 Å². The molecule has 1 N–H and O–H groups in total. The van der Waals surface area contributed by atoms with Gasteiger partial charge in [-0.2, -0.15) is 0 Å². The van der Waals surface area contributed by atoms with Crippen LogP contribution in [0, 0.1) is 5.82 Å². The molecule has 0 aromatic heterocycles. The fourth-order valence-electron chi connectivity index (χ4n) is 2.75. The number of ether oxygens (including phenoxy) is 1. The van der Waals surface area contributed by atoms with Crippen molar-refractivity contribution in [1.82, 2.24) is 5.32 Å². The highest BCUT2D eigenvalue weighted by molar-refractivity contribution is 5.37. The molecule has 1 aliphatic heterocycles. The first kappa shape index (κ1) is 12.0. The number of halogens is 1. The maximum atomic E-state index is 13.5. The molecular formula is C15H20FNO. The van der Waals surface area contributed by atoms with Gasteiger partial charge >= 0.3 is 0 Å². The third kappa shape index (κ3) is 2.51. The van der Waals surface area contributed by atoms with Gasteiger partial charge in [0.25, 0.3) is 0 Å². The predicted molar refractivity (Wildman–Crippen MR) is 69.5 cm³/mol. The van der Waals surface area contributed by atoms with Crippen molar-refractivity contribution in [3.05, 3.63) is 29.6 Å². The predicted octanol–water partition coefficient (Wildman–Crippen LogP) is 3.22. The molecule has 1 heterocycles. The molecule has 1 saturated heterocycles. The molecule has 0 radical (unpaired) electrons. The standard InChI is InChI=1S/C15H20FNO/c16-12-4-5-15(18-13-2-1-3-13)14(10-12)11-6-8-17-9-7-11/h4-5,10-11,13,17H,1-3,6-9H2. The van der Waals surface area contributed by atoms with E-state index in [0.717, 1.165) is 50.1 Å². The summed E-state index contributed by atoms with van der Waals surface area (Å²) in [6.07, 6.45) is 6.05. The van der Waals surface area contributed by atoms with Gasteiger partial charge in [0.05, 0.1) is 6.10 Å². The Bertz CT molecular complexity index is 411. The lowest BCUT2D eigenvalue weighted by atomic mass is 9.89. The van der Waals surface area contributed by atoms with Crippen LogP contribution >= 0.6 is 0 Å². The quantitative estimate of drug-likeness (QED) is 0.888. The topological polar surface area (TPSA) is 21.3 Å². The van der Waals surface area contributed by atoms with Gasteiger partial charge < -0.3 is 10.1 Å². The van der Waals surface area contributed by atoms with E-state index in [0.29, 0.717) is 12.0 Å². The highest BCUT2D eigenvalue weighted by atomic mass is 19.1. The number of hydrogen-bond acceptors (Lipinski definition) is 2. The van der Waals surface area contributed by atoms with E-state index in [-0.39, 0.29) is 5.82 Å². The van der Waals surface area contributed by atoms with Crippen LogP contribution in [0.4, 0.5) is 4.39 Å². The molecule has 0 amide bonds. The zero-order valence-electron chi connectivity index (χ0n) is 10.6. The Morgan fingerprint density at radius 2 is 1.89 bits per heavy atom. The highest BCUT2D eigenvalue weighted by Crippen LogP contribution is 2.35. The molecule has 98 valence electrons. The van der Waals surface area contributed by atoms with E-state index in [2.05, 4.69) is 5.32 Å². The van der Waals surface area contributed by atoms with Crippen molar-refractivity contribution in [1.29, 1.82) is 0 Å². The summed E-state index contributed by atoms with van der Waals surface area (Å²) in [5.74, 6) is 1.20. The van der Waals surface area contributed by atoms with Crippen molar-refractivity contribution in [2.75, 3.05) is 13.1 Å². The molecule has 3 rings (SSSR count). The molecule has 0 bridgehead atoms. The van der Waals surface area contributed by atoms with Crippen molar-refractivity contribution in [3.63, 3.8) is 0 Å². The van der Waals surface area contributed by atoms with E-state index in [9.17, 15) is 4.39 Å². The van der Waals surface area contributed by atoms with E-state index >= 15 is 0 Å². The third-order valence-corrected chi connectivity index (χ3v) is 4.10. The van der Waals surface area contributed by atoms with Gasteiger partial charge in [-0.3, -0.25) is 0 Å². The number of benzene rings is 1. The van der Waals surface area contributed by atoms with Crippen LogP contribution < -0.4 is 10.1 Å². The molecule has 3 heteroatoms. The van der Waals surface area contributed by atoms with Crippen LogP contribution in [-0.4, -0.2) is 19.2 Å². The van der Waals surface area contributed by atoms with Crippen LogP contribution in [0.5, 0.6) is 5.75 Å². The molecule has 1 aromatic carbocycles. The summed E-state index contributed by atoms with van der Waals surface area (Å²) in [5, 5.41) is 3.35. The Morgan fingerprint density at radius 1 is 1.11 bits per heavy atom. The van der Waals surface area contributed by atoms with Crippen molar-refractivity contribution < 1.29 is 9.13 Å². The first-order chi connectivity index (χ1) is 8.83. The molecule has 0 atom stereocenters. The molecule has 0 unspecified atom stereocenters. The smallest absolute Gasteiger partial charge is 0.123 e. The van der Waals surface area contributed by atoms with E-state index in [1.54, 1.807) is 6.07 Å². The van der Waals surface area contributed by atoms with E-state index in [1.807, 2.05) is 6.07 Å². The van der Waals surface area contributed by atoms with E-state index in [1.165, 1.54) is 12.5 Å². The average molecular weight is 249 g/mol. The summed E-state index contributed by atoms with van der Waals surface area (Å²) in [6, 6.07) is 4.99. The minimum Gasteiger partial charge on any atom is -0.490 e. The largest absolute Gasteiger partial charge is 0.490 e. The number of piperidine rings is 1. The van der Waals surface area contributed by atoms with Crippen LogP contribution in [0.2, 0.25) is 0 Å². The van der Waals surface area contributed by atoms with E-state index in [4.69, 9.17) is 4.74 Å². The monoisotopic (exact) mass is 249 g/mol. The molecule has 1 aliphatic carbocycles. The highest BCUT2D eigenvalue weighted by Gasteiger charge is 2.24.